The SMILES string of the molecule is CC(NC1CCCc2sccc21)C1CCCO1. The summed E-state index contributed by atoms with van der Waals surface area (Å²) >= 11 is 1.92. The molecule has 2 heterocycles. The molecule has 17 heavy (non-hydrogen) atoms. The second-order valence-corrected chi connectivity index (χ2v) is 6.25. The quantitative estimate of drug-likeness (QED) is 0.890. The predicted octanol–water partition coefficient (Wildman–Crippen LogP) is 3.28. The molecule has 3 heteroatoms. The lowest BCUT2D eigenvalue weighted by Gasteiger charge is -2.29. The van der Waals surface area contributed by atoms with Crippen LogP contribution in [0, 0.1) is 0 Å². The first kappa shape index (κ1) is 11.7. The van der Waals surface area contributed by atoms with Gasteiger partial charge in [0.2, 0.25) is 0 Å². The van der Waals surface area contributed by atoms with E-state index in [0.717, 1.165) is 6.61 Å². The largest absolute Gasteiger partial charge is 0.377 e. The molecule has 0 saturated carbocycles. The third-order valence-corrected chi connectivity index (χ3v) is 5.04. The first-order valence-corrected chi connectivity index (χ1v) is 7.66. The Balaban J connectivity index is 1.66. The third kappa shape index (κ3) is 2.42. The van der Waals surface area contributed by atoms with Crippen LogP contribution in [-0.2, 0) is 11.2 Å². The lowest BCUT2D eigenvalue weighted by atomic mass is 9.93. The summed E-state index contributed by atoms with van der Waals surface area (Å²) in [6.07, 6.45) is 6.76. The maximum absolute atomic E-state index is 5.77. The van der Waals surface area contributed by atoms with Gasteiger partial charge in [-0.05, 0) is 56.0 Å². The topological polar surface area (TPSA) is 21.3 Å². The van der Waals surface area contributed by atoms with E-state index in [-0.39, 0.29) is 0 Å². The van der Waals surface area contributed by atoms with Crippen LogP contribution in [0.2, 0.25) is 0 Å². The highest BCUT2D eigenvalue weighted by molar-refractivity contribution is 7.10. The Bertz CT molecular complexity index is 370. The van der Waals surface area contributed by atoms with Gasteiger partial charge in [0, 0.05) is 23.6 Å². The molecule has 1 aliphatic carbocycles. The normalized spacial score (nSPS) is 30.2. The molecule has 0 amide bonds. The van der Waals surface area contributed by atoms with Crippen LogP contribution in [0.1, 0.15) is 49.1 Å². The molecule has 1 saturated heterocycles. The Hall–Kier alpha value is -0.380. The zero-order valence-corrected chi connectivity index (χ0v) is 11.3. The zero-order valence-electron chi connectivity index (χ0n) is 10.4. The highest BCUT2D eigenvalue weighted by Crippen LogP contribution is 2.34. The maximum atomic E-state index is 5.77. The fourth-order valence-electron chi connectivity index (χ4n) is 3.08. The molecule has 2 aliphatic rings. The van der Waals surface area contributed by atoms with E-state index in [1.54, 1.807) is 10.4 Å². The molecule has 3 atom stereocenters. The van der Waals surface area contributed by atoms with Crippen molar-refractivity contribution in [3.05, 3.63) is 21.9 Å². The molecule has 0 radical (unpaired) electrons. The van der Waals surface area contributed by atoms with Crippen LogP contribution in [-0.4, -0.2) is 18.8 Å². The van der Waals surface area contributed by atoms with Gasteiger partial charge in [-0.1, -0.05) is 0 Å². The van der Waals surface area contributed by atoms with Crippen LogP contribution < -0.4 is 5.32 Å². The fraction of sp³-hybridized carbons (Fsp3) is 0.714. The Morgan fingerprint density at radius 3 is 3.18 bits per heavy atom. The number of rotatable bonds is 3. The van der Waals surface area contributed by atoms with Gasteiger partial charge in [0.15, 0.2) is 0 Å². The summed E-state index contributed by atoms with van der Waals surface area (Å²) in [5, 5.41) is 6.02. The summed E-state index contributed by atoms with van der Waals surface area (Å²) < 4.78 is 5.77. The number of nitrogens with one attached hydrogen (secondary N) is 1. The molecule has 1 aliphatic heterocycles. The molecular formula is C14H21NOS. The molecule has 0 spiro atoms. The van der Waals surface area contributed by atoms with Gasteiger partial charge in [0.1, 0.15) is 0 Å². The Morgan fingerprint density at radius 1 is 1.41 bits per heavy atom. The van der Waals surface area contributed by atoms with E-state index in [0.29, 0.717) is 18.2 Å². The van der Waals surface area contributed by atoms with Crippen LogP contribution >= 0.6 is 11.3 Å². The molecule has 1 aromatic heterocycles. The lowest BCUT2D eigenvalue weighted by Crippen LogP contribution is -2.40. The Labute approximate surface area is 107 Å². The molecule has 0 aromatic carbocycles. The first-order valence-electron chi connectivity index (χ1n) is 6.78. The average molecular weight is 251 g/mol. The van der Waals surface area contributed by atoms with Gasteiger partial charge in [0.25, 0.3) is 0 Å². The smallest absolute Gasteiger partial charge is 0.0726 e. The first-order chi connectivity index (χ1) is 8.34. The van der Waals surface area contributed by atoms with Crippen LogP contribution in [0.4, 0.5) is 0 Å². The van der Waals surface area contributed by atoms with Crippen molar-refractivity contribution in [2.45, 2.75) is 57.2 Å². The van der Waals surface area contributed by atoms with Gasteiger partial charge in [0.05, 0.1) is 6.10 Å². The van der Waals surface area contributed by atoms with Gasteiger partial charge in [-0.3, -0.25) is 0 Å². The van der Waals surface area contributed by atoms with E-state index in [9.17, 15) is 0 Å². The summed E-state index contributed by atoms with van der Waals surface area (Å²) in [6, 6.07) is 3.34. The summed E-state index contributed by atoms with van der Waals surface area (Å²) in [7, 11) is 0. The number of aryl methyl sites for hydroxylation is 1. The fourth-order valence-corrected chi connectivity index (χ4v) is 4.07. The zero-order chi connectivity index (χ0) is 11.7. The van der Waals surface area contributed by atoms with Crippen molar-refractivity contribution in [1.82, 2.24) is 5.32 Å². The summed E-state index contributed by atoms with van der Waals surface area (Å²) in [6.45, 7) is 3.22. The van der Waals surface area contributed by atoms with Crippen molar-refractivity contribution in [3.8, 4) is 0 Å². The summed E-state index contributed by atoms with van der Waals surface area (Å²) in [5.74, 6) is 0. The monoisotopic (exact) mass is 251 g/mol. The van der Waals surface area contributed by atoms with E-state index < -0.39 is 0 Å². The standard InChI is InChI=1S/C14H21NOS/c1-10(13-5-3-8-16-13)15-12-4-2-6-14-11(12)7-9-17-14/h7,9-10,12-13,15H,2-6,8H2,1H3. The predicted molar refractivity (Wildman–Crippen MR) is 71.6 cm³/mol. The van der Waals surface area contributed by atoms with E-state index in [1.807, 2.05) is 11.3 Å². The van der Waals surface area contributed by atoms with Crippen molar-refractivity contribution in [3.63, 3.8) is 0 Å². The summed E-state index contributed by atoms with van der Waals surface area (Å²) in [5.41, 5.74) is 1.55. The Kier molecular flexibility index (Phi) is 3.50. The molecular weight excluding hydrogens is 230 g/mol. The molecule has 3 rings (SSSR count). The minimum atomic E-state index is 0.430. The van der Waals surface area contributed by atoms with Crippen LogP contribution in [0.5, 0.6) is 0 Å². The molecule has 2 nitrogen and oxygen atoms in total. The number of thiophene rings is 1. The van der Waals surface area contributed by atoms with Gasteiger partial charge in [-0.2, -0.15) is 0 Å². The van der Waals surface area contributed by atoms with Gasteiger partial charge < -0.3 is 10.1 Å². The van der Waals surface area contributed by atoms with Crippen molar-refractivity contribution >= 4 is 11.3 Å². The van der Waals surface area contributed by atoms with E-state index in [2.05, 4.69) is 23.7 Å². The van der Waals surface area contributed by atoms with E-state index in [1.165, 1.54) is 32.1 Å². The molecule has 1 aromatic rings. The second-order valence-electron chi connectivity index (χ2n) is 5.25. The molecule has 0 bridgehead atoms. The van der Waals surface area contributed by atoms with Crippen molar-refractivity contribution in [2.24, 2.45) is 0 Å². The molecule has 1 N–H and O–H groups in total. The molecule has 1 fully saturated rings. The second kappa shape index (κ2) is 5.09. The minimum Gasteiger partial charge on any atom is -0.377 e. The average Bonchev–Trinajstić information content (AvgIpc) is 3.00. The van der Waals surface area contributed by atoms with E-state index in [4.69, 9.17) is 4.74 Å². The maximum Gasteiger partial charge on any atom is 0.0726 e. The highest BCUT2D eigenvalue weighted by Gasteiger charge is 2.27. The highest BCUT2D eigenvalue weighted by atomic mass is 32.1. The number of fused-ring (bicyclic) bond motifs is 1. The van der Waals surface area contributed by atoms with Crippen molar-refractivity contribution in [1.29, 1.82) is 0 Å². The van der Waals surface area contributed by atoms with Gasteiger partial charge in [-0.15, -0.1) is 11.3 Å². The van der Waals surface area contributed by atoms with E-state index >= 15 is 0 Å². The number of ether oxygens (including phenoxy) is 1. The van der Waals surface area contributed by atoms with Crippen molar-refractivity contribution < 1.29 is 4.74 Å². The van der Waals surface area contributed by atoms with Crippen LogP contribution in [0.25, 0.3) is 0 Å². The van der Waals surface area contributed by atoms with Crippen molar-refractivity contribution in [2.75, 3.05) is 6.61 Å². The van der Waals surface area contributed by atoms with Crippen LogP contribution in [0.15, 0.2) is 11.4 Å². The summed E-state index contributed by atoms with van der Waals surface area (Å²) in [4.78, 5) is 1.59. The number of hydrogen-bond acceptors (Lipinski definition) is 3. The Morgan fingerprint density at radius 2 is 2.35 bits per heavy atom. The van der Waals surface area contributed by atoms with Gasteiger partial charge >= 0.3 is 0 Å². The molecule has 3 unspecified atom stereocenters. The lowest BCUT2D eigenvalue weighted by molar-refractivity contribution is 0.0788. The third-order valence-electron chi connectivity index (χ3n) is 4.04. The van der Waals surface area contributed by atoms with Crippen LogP contribution in [0.3, 0.4) is 0 Å². The van der Waals surface area contributed by atoms with Gasteiger partial charge in [-0.25, -0.2) is 0 Å². The number of hydrogen-bond donors (Lipinski definition) is 1. The minimum absolute atomic E-state index is 0.430. The molecule has 94 valence electrons.